The van der Waals surface area contributed by atoms with Crippen molar-refractivity contribution in [2.45, 2.75) is 68.3 Å². The Hall–Kier alpha value is -0.400. The molecule has 0 unspecified atom stereocenters. The van der Waals surface area contributed by atoms with Crippen molar-refractivity contribution in [3.8, 4) is 0 Å². The Kier molecular flexibility index (Phi) is 6.30. The minimum atomic E-state index is -1.58. The Balaban J connectivity index is 2.10. The third-order valence-corrected chi connectivity index (χ3v) is 4.15. The first-order valence-electron chi connectivity index (χ1n) is 7.32. The van der Waals surface area contributed by atoms with E-state index in [-0.39, 0.29) is 0 Å². The molecule has 0 amide bonds. The van der Waals surface area contributed by atoms with E-state index in [9.17, 15) is 30.6 Å². The lowest BCUT2D eigenvalue weighted by atomic mass is 9.97. The summed E-state index contributed by atoms with van der Waals surface area (Å²) in [5.41, 5.74) is 0. The first-order valence-corrected chi connectivity index (χ1v) is 7.32. The van der Waals surface area contributed by atoms with E-state index in [0.29, 0.717) is 0 Å². The van der Waals surface area contributed by atoms with Gasteiger partial charge in [0.25, 0.3) is 0 Å². The number of aliphatic hydroxyl groups is 6. The highest BCUT2D eigenvalue weighted by molar-refractivity contribution is 4.93. The molecule has 2 fully saturated rings. The van der Waals surface area contributed by atoms with Gasteiger partial charge in [-0.1, -0.05) is 0 Å². The van der Waals surface area contributed by atoms with Gasteiger partial charge in [-0.25, -0.2) is 0 Å². The molecule has 0 spiro atoms. The van der Waals surface area contributed by atoms with E-state index in [1.54, 1.807) is 0 Å². The third-order valence-electron chi connectivity index (χ3n) is 4.15. The molecule has 2 heterocycles. The zero-order valence-corrected chi connectivity index (χ0v) is 12.8. The van der Waals surface area contributed by atoms with Crippen LogP contribution in [0.25, 0.3) is 0 Å². The topological polar surface area (TPSA) is 158 Å². The highest BCUT2D eigenvalue weighted by Crippen LogP contribution is 2.29. The molecular weight excluding hydrogens is 316 g/mol. The quantitative estimate of drug-likeness (QED) is 0.300. The summed E-state index contributed by atoms with van der Waals surface area (Å²) < 4.78 is 20.8. The molecule has 6 N–H and O–H groups in total. The SMILES string of the molecule is CO[C@H]1O[C@H](CO)[C@@H](O[C@H]2O[C@H](C)[C@@H](O)[C@H](O)[C@H]2O)[C@H](O)[C@H]1O. The van der Waals surface area contributed by atoms with Crippen molar-refractivity contribution in [2.75, 3.05) is 13.7 Å². The molecular formula is C13H24O10. The molecule has 10 nitrogen and oxygen atoms in total. The Labute approximate surface area is 132 Å². The first-order chi connectivity index (χ1) is 10.8. The summed E-state index contributed by atoms with van der Waals surface area (Å²) in [6.07, 6.45) is -13.0. The van der Waals surface area contributed by atoms with Crippen molar-refractivity contribution in [3.05, 3.63) is 0 Å². The van der Waals surface area contributed by atoms with Crippen LogP contribution in [0, 0.1) is 0 Å². The average molecular weight is 340 g/mol. The maximum atomic E-state index is 10.1. The summed E-state index contributed by atoms with van der Waals surface area (Å²) in [4.78, 5) is 0. The van der Waals surface area contributed by atoms with Crippen LogP contribution in [0.5, 0.6) is 0 Å². The second kappa shape index (κ2) is 7.66. The van der Waals surface area contributed by atoms with Gasteiger partial charge in [0.05, 0.1) is 12.7 Å². The second-order valence-electron chi connectivity index (χ2n) is 5.72. The van der Waals surface area contributed by atoms with Crippen molar-refractivity contribution in [1.82, 2.24) is 0 Å². The fourth-order valence-corrected chi connectivity index (χ4v) is 2.70. The zero-order chi connectivity index (χ0) is 17.3. The van der Waals surface area contributed by atoms with Crippen LogP contribution in [0.15, 0.2) is 0 Å². The predicted molar refractivity (Wildman–Crippen MR) is 72.0 cm³/mol. The molecule has 0 aromatic carbocycles. The lowest BCUT2D eigenvalue weighted by Crippen LogP contribution is -2.64. The van der Waals surface area contributed by atoms with Gasteiger partial charge in [-0.2, -0.15) is 0 Å². The lowest BCUT2D eigenvalue weighted by Gasteiger charge is -2.45. The minimum absolute atomic E-state index is 0.544. The molecule has 0 aliphatic carbocycles. The summed E-state index contributed by atoms with van der Waals surface area (Å²) >= 11 is 0. The average Bonchev–Trinajstić information content (AvgIpc) is 2.54. The number of hydrogen-bond acceptors (Lipinski definition) is 10. The number of aliphatic hydroxyl groups excluding tert-OH is 6. The minimum Gasteiger partial charge on any atom is -0.394 e. The normalized spacial score (nSPS) is 51.7. The first kappa shape index (κ1) is 18.9. The van der Waals surface area contributed by atoms with E-state index in [1.807, 2.05) is 0 Å². The maximum Gasteiger partial charge on any atom is 0.187 e. The molecule has 0 bridgehead atoms. The molecule has 0 aromatic heterocycles. The number of ether oxygens (including phenoxy) is 4. The van der Waals surface area contributed by atoms with Crippen molar-refractivity contribution >= 4 is 0 Å². The molecule has 10 atom stereocenters. The number of rotatable bonds is 4. The van der Waals surface area contributed by atoms with Crippen LogP contribution in [-0.4, -0.2) is 106 Å². The van der Waals surface area contributed by atoms with Gasteiger partial charge < -0.3 is 49.6 Å². The van der Waals surface area contributed by atoms with Crippen LogP contribution in [0.2, 0.25) is 0 Å². The highest BCUT2D eigenvalue weighted by atomic mass is 16.7. The van der Waals surface area contributed by atoms with Crippen LogP contribution in [0.3, 0.4) is 0 Å². The summed E-state index contributed by atoms with van der Waals surface area (Å²) in [6.45, 7) is 0.932. The van der Waals surface area contributed by atoms with E-state index in [0.717, 1.165) is 0 Å². The fourth-order valence-electron chi connectivity index (χ4n) is 2.70. The number of hydrogen-bond donors (Lipinski definition) is 6. The van der Waals surface area contributed by atoms with E-state index in [1.165, 1.54) is 14.0 Å². The highest BCUT2D eigenvalue weighted by Gasteiger charge is 2.49. The largest absolute Gasteiger partial charge is 0.394 e. The van der Waals surface area contributed by atoms with Crippen LogP contribution >= 0.6 is 0 Å². The van der Waals surface area contributed by atoms with Gasteiger partial charge in [-0.05, 0) is 6.92 Å². The molecule has 0 radical (unpaired) electrons. The second-order valence-corrected chi connectivity index (χ2v) is 5.72. The van der Waals surface area contributed by atoms with E-state index >= 15 is 0 Å². The van der Waals surface area contributed by atoms with Crippen molar-refractivity contribution in [1.29, 1.82) is 0 Å². The van der Waals surface area contributed by atoms with Crippen LogP contribution in [-0.2, 0) is 18.9 Å². The monoisotopic (exact) mass is 340 g/mol. The van der Waals surface area contributed by atoms with Gasteiger partial charge in [0.15, 0.2) is 12.6 Å². The number of methoxy groups -OCH3 is 1. The zero-order valence-electron chi connectivity index (χ0n) is 12.8. The predicted octanol–water partition coefficient (Wildman–Crippen LogP) is -3.72. The van der Waals surface area contributed by atoms with E-state index < -0.39 is 68.0 Å². The standard InChI is InChI=1S/C13H24O10/c1-4-6(15)7(16)9(18)13(21-4)23-11-5(3-14)22-12(20-2)10(19)8(11)17/h4-19H,3H2,1-2H3/t4-,5-,6-,7+,8-,9-,10-,11-,12+,13-/m1/s1. The van der Waals surface area contributed by atoms with Crippen LogP contribution < -0.4 is 0 Å². The Morgan fingerprint density at radius 1 is 0.826 bits per heavy atom. The summed E-state index contributed by atoms with van der Waals surface area (Å²) in [6, 6.07) is 0. The molecule has 2 saturated heterocycles. The molecule has 23 heavy (non-hydrogen) atoms. The smallest absolute Gasteiger partial charge is 0.187 e. The molecule has 136 valence electrons. The van der Waals surface area contributed by atoms with Crippen molar-refractivity contribution < 1.29 is 49.6 Å². The fraction of sp³-hybridized carbons (Fsp3) is 1.00. The lowest BCUT2D eigenvalue weighted by molar-refractivity contribution is -0.354. The summed E-state index contributed by atoms with van der Waals surface area (Å²) in [5, 5.41) is 58.8. The maximum absolute atomic E-state index is 10.1. The summed E-state index contributed by atoms with van der Waals surface area (Å²) in [7, 11) is 1.27. The van der Waals surface area contributed by atoms with Gasteiger partial charge in [0.2, 0.25) is 0 Å². The Bertz CT molecular complexity index is 380. The molecule has 2 rings (SSSR count). The van der Waals surface area contributed by atoms with Gasteiger partial charge in [0, 0.05) is 7.11 Å². The molecule has 0 aromatic rings. The van der Waals surface area contributed by atoms with E-state index in [2.05, 4.69) is 0 Å². The molecule has 2 aliphatic rings. The van der Waals surface area contributed by atoms with Crippen LogP contribution in [0.1, 0.15) is 6.92 Å². The van der Waals surface area contributed by atoms with Gasteiger partial charge in [-0.15, -0.1) is 0 Å². The third kappa shape index (κ3) is 3.66. The van der Waals surface area contributed by atoms with E-state index in [4.69, 9.17) is 18.9 Å². The Morgan fingerprint density at radius 3 is 2.00 bits per heavy atom. The molecule has 0 saturated carbocycles. The van der Waals surface area contributed by atoms with Crippen molar-refractivity contribution in [2.24, 2.45) is 0 Å². The van der Waals surface area contributed by atoms with Gasteiger partial charge >= 0.3 is 0 Å². The van der Waals surface area contributed by atoms with Gasteiger partial charge in [0.1, 0.15) is 42.7 Å². The Morgan fingerprint density at radius 2 is 1.43 bits per heavy atom. The van der Waals surface area contributed by atoms with Crippen molar-refractivity contribution in [3.63, 3.8) is 0 Å². The van der Waals surface area contributed by atoms with Gasteiger partial charge in [-0.3, -0.25) is 0 Å². The summed E-state index contributed by atoms with van der Waals surface area (Å²) in [5.74, 6) is 0. The molecule has 10 heteroatoms. The molecule has 2 aliphatic heterocycles. The van der Waals surface area contributed by atoms with Crippen LogP contribution in [0.4, 0.5) is 0 Å².